The van der Waals surface area contributed by atoms with Crippen LogP contribution in [-0.2, 0) is 45.6 Å². The average Bonchev–Trinajstić information content (AvgIpc) is 3.69. The van der Waals surface area contributed by atoms with Crippen LogP contribution in [0.2, 0.25) is 0 Å². The van der Waals surface area contributed by atoms with Crippen LogP contribution in [0.15, 0.2) is 52.4 Å². The molecule has 0 aliphatic carbocycles. The fourth-order valence-corrected chi connectivity index (χ4v) is 6.12. The van der Waals surface area contributed by atoms with Crippen LogP contribution in [0.3, 0.4) is 0 Å². The average molecular weight is 673 g/mol. The van der Waals surface area contributed by atoms with E-state index < -0.39 is 37.8 Å². The number of carbonyl (C=O) groups is 4. The zero-order valence-corrected chi connectivity index (χ0v) is 26.9. The van der Waals surface area contributed by atoms with Crippen molar-refractivity contribution in [2.45, 2.75) is 30.1 Å². The molecule has 3 aromatic rings. The maximum Gasteiger partial charge on any atom is 0.325 e. The Balaban J connectivity index is 0.000000266. The van der Waals surface area contributed by atoms with Gasteiger partial charge in [-0.15, -0.1) is 0 Å². The third kappa shape index (κ3) is 7.34. The molecule has 0 bridgehead atoms. The molecule has 0 saturated heterocycles. The molecule has 6 N–H and O–H groups in total. The molecule has 0 atom stereocenters. The summed E-state index contributed by atoms with van der Waals surface area (Å²) < 4.78 is 56.4. The number of ether oxygens (including phenoxy) is 1. The number of aromatic nitrogens is 1. The molecule has 0 fully saturated rings. The van der Waals surface area contributed by atoms with Crippen LogP contribution in [0.5, 0.6) is 0 Å². The van der Waals surface area contributed by atoms with Crippen molar-refractivity contribution in [2.24, 2.45) is 0 Å². The number of H-pyrrole nitrogens is 1. The summed E-state index contributed by atoms with van der Waals surface area (Å²) in [7, 11) is -4.45. The van der Waals surface area contributed by atoms with Crippen molar-refractivity contribution in [1.82, 2.24) is 19.7 Å². The molecule has 2 aliphatic rings. The number of carbonyl (C=O) groups excluding carboxylic acids is 4. The Kier molecular flexibility index (Phi) is 10.1. The second kappa shape index (κ2) is 13.7. The number of hydrogen-bond acceptors (Lipinski definition) is 9. The fourth-order valence-electron chi connectivity index (χ4n) is 4.59. The highest BCUT2D eigenvalue weighted by Gasteiger charge is 2.27. The summed E-state index contributed by atoms with van der Waals surface area (Å²) in [6.45, 7) is 3.32. The van der Waals surface area contributed by atoms with Crippen molar-refractivity contribution in [3.63, 3.8) is 0 Å². The van der Waals surface area contributed by atoms with Gasteiger partial charge in [-0.3, -0.25) is 19.2 Å². The van der Waals surface area contributed by atoms with E-state index in [2.05, 4.69) is 30.4 Å². The van der Waals surface area contributed by atoms with E-state index in [0.29, 0.717) is 33.8 Å². The van der Waals surface area contributed by atoms with Gasteiger partial charge in [0.1, 0.15) is 6.54 Å². The van der Waals surface area contributed by atoms with Crippen LogP contribution in [-0.4, -0.2) is 72.8 Å². The number of anilines is 2. The highest BCUT2D eigenvalue weighted by atomic mass is 32.2. The predicted molar refractivity (Wildman–Crippen MR) is 169 cm³/mol. The smallest absolute Gasteiger partial charge is 0.325 e. The highest BCUT2D eigenvalue weighted by Crippen LogP contribution is 2.35. The second-order valence-corrected chi connectivity index (χ2v) is 13.7. The minimum absolute atomic E-state index is 0.0263. The van der Waals surface area contributed by atoms with Gasteiger partial charge in [0.25, 0.3) is 11.8 Å². The van der Waals surface area contributed by atoms with Crippen LogP contribution >= 0.6 is 0 Å². The zero-order chi connectivity index (χ0) is 33.8. The summed E-state index contributed by atoms with van der Waals surface area (Å²) in [5.74, 6) is -1.51. The van der Waals surface area contributed by atoms with Gasteiger partial charge >= 0.3 is 5.97 Å². The number of aromatic amines is 1. The van der Waals surface area contributed by atoms with Gasteiger partial charge < -0.3 is 25.7 Å². The molecular formula is C29H32N6O9S2. The van der Waals surface area contributed by atoms with Crippen molar-refractivity contribution >= 4 is 66.8 Å². The lowest BCUT2D eigenvalue weighted by Crippen LogP contribution is -2.30. The molecule has 0 unspecified atom stereocenters. The quantitative estimate of drug-likeness (QED) is 0.141. The Labute approximate surface area is 265 Å². The lowest BCUT2D eigenvalue weighted by molar-refractivity contribution is -0.141. The van der Waals surface area contributed by atoms with E-state index >= 15 is 0 Å². The molecule has 17 heteroatoms. The van der Waals surface area contributed by atoms with Gasteiger partial charge in [0, 0.05) is 28.8 Å². The van der Waals surface area contributed by atoms with Crippen LogP contribution in [0.1, 0.15) is 39.7 Å². The Bertz CT molecular complexity index is 1980. The molecule has 1 aromatic heterocycles. The molecule has 46 heavy (non-hydrogen) atoms. The first-order valence-electron chi connectivity index (χ1n) is 13.8. The van der Waals surface area contributed by atoms with Gasteiger partial charge in [0.15, 0.2) is 0 Å². The first kappa shape index (κ1) is 34.0. The summed E-state index contributed by atoms with van der Waals surface area (Å²) in [6.07, 6.45) is 3.26. The van der Waals surface area contributed by atoms with E-state index in [1.165, 1.54) is 50.6 Å². The molecule has 0 radical (unpaired) electrons. The van der Waals surface area contributed by atoms with Gasteiger partial charge in [0.05, 0.1) is 34.0 Å². The van der Waals surface area contributed by atoms with Crippen molar-refractivity contribution in [1.29, 1.82) is 0 Å². The first-order valence-corrected chi connectivity index (χ1v) is 16.8. The molecule has 15 nitrogen and oxygen atoms in total. The molecule has 0 spiro atoms. The van der Waals surface area contributed by atoms with Gasteiger partial charge in [-0.25, -0.2) is 26.3 Å². The fraction of sp³-hybridized carbons (Fsp3) is 0.241. The standard InChI is InChI=1S/C20H22N4O6S.C9H10N2O3S/c1-4-30-18(25)10-23-19(26)15-9-22-17(11(15)2)8-14-13-7-12(31(28,29)21-3)5-6-16(13)24-20(14)27;1-10-15(13,14)7-2-3-8-6(4-7)5-9(12)11-8/h5-9,21-22H,4,10H2,1-3H3,(H,23,26)(H,24,27);2-4,10H,5H2,1H3,(H,11,12). The molecular weight excluding hydrogens is 640 g/mol. The topological polar surface area (TPSA) is 222 Å². The minimum Gasteiger partial charge on any atom is -0.465 e. The van der Waals surface area contributed by atoms with Gasteiger partial charge in [0.2, 0.25) is 26.0 Å². The van der Waals surface area contributed by atoms with E-state index in [4.69, 9.17) is 4.74 Å². The zero-order valence-electron chi connectivity index (χ0n) is 25.2. The number of esters is 1. The molecule has 2 aromatic carbocycles. The van der Waals surface area contributed by atoms with E-state index in [9.17, 15) is 36.0 Å². The summed E-state index contributed by atoms with van der Waals surface area (Å²) in [5.41, 5.74) is 3.96. The summed E-state index contributed by atoms with van der Waals surface area (Å²) >= 11 is 0. The van der Waals surface area contributed by atoms with E-state index in [-0.39, 0.29) is 40.8 Å². The Morgan fingerprint density at radius 3 is 2.20 bits per heavy atom. The first-order chi connectivity index (χ1) is 21.7. The molecule has 244 valence electrons. The number of fused-ring (bicyclic) bond motifs is 2. The van der Waals surface area contributed by atoms with Crippen LogP contribution in [0.4, 0.5) is 11.4 Å². The highest BCUT2D eigenvalue weighted by molar-refractivity contribution is 7.89. The summed E-state index contributed by atoms with van der Waals surface area (Å²) in [5, 5.41) is 7.81. The van der Waals surface area contributed by atoms with Crippen molar-refractivity contribution < 1.29 is 40.8 Å². The molecule has 5 rings (SSSR count). The number of amides is 3. The van der Waals surface area contributed by atoms with Crippen LogP contribution in [0, 0.1) is 6.92 Å². The van der Waals surface area contributed by atoms with Crippen molar-refractivity contribution in [3.05, 3.63) is 70.5 Å². The lowest BCUT2D eigenvalue weighted by Gasteiger charge is -2.05. The summed E-state index contributed by atoms with van der Waals surface area (Å²) in [4.78, 5) is 50.5. The SMILES string of the molecule is CCOC(=O)CNC(=O)c1c[nH]c(C=C2C(=O)Nc3ccc(S(=O)(=O)NC)cc32)c1C.CNS(=O)(=O)c1ccc2c(c1)CC(=O)N2. The van der Waals surface area contributed by atoms with Crippen LogP contribution < -0.4 is 25.4 Å². The lowest BCUT2D eigenvalue weighted by atomic mass is 10.0. The maximum absolute atomic E-state index is 12.5. The molecule has 3 amide bonds. The summed E-state index contributed by atoms with van der Waals surface area (Å²) in [6, 6.07) is 8.92. The third-order valence-corrected chi connectivity index (χ3v) is 9.87. The number of benzene rings is 2. The normalized spacial score (nSPS) is 14.5. The Morgan fingerprint density at radius 2 is 1.57 bits per heavy atom. The number of hydrogen-bond donors (Lipinski definition) is 6. The predicted octanol–water partition coefficient (Wildman–Crippen LogP) is 1.11. The number of nitrogens with one attached hydrogen (secondary N) is 6. The monoisotopic (exact) mass is 672 g/mol. The molecule has 2 aliphatic heterocycles. The Hall–Kier alpha value is -4.84. The third-order valence-electron chi connectivity index (χ3n) is 7.05. The van der Waals surface area contributed by atoms with Gasteiger partial charge in [-0.2, -0.15) is 0 Å². The maximum atomic E-state index is 12.5. The van der Waals surface area contributed by atoms with Gasteiger partial charge in [-0.05, 0) is 81.5 Å². The van der Waals surface area contributed by atoms with Crippen molar-refractivity contribution in [3.8, 4) is 0 Å². The van der Waals surface area contributed by atoms with E-state index in [1.54, 1.807) is 26.0 Å². The largest absolute Gasteiger partial charge is 0.465 e. The number of sulfonamides is 2. The Morgan fingerprint density at radius 1 is 0.935 bits per heavy atom. The van der Waals surface area contributed by atoms with Crippen LogP contribution in [0.25, 0.3) is 11.6 Å². The minimum atomic E-state index is -3.68. The van der Waals surface area contributed by atoms with E-state index in [1.807, 2.05) is 0 Å². The molecule has 3 heterocycles. The van der Waals surface area contributed by atoms with E-state index in [0.717, 1.165) is 5.56 Å². The van der Waals surface area contributed by atoms with Gasteiger partial charge in [-0.1, -0.05) is 0 Å². The number of rotatable bonds is 9. The molecule has 0 saturated carbocycles. The second-order valence-electron chi connectivity index (χ2n) is 9.91. The van der Waals surface area contributed by atoms with Crippen molar-refractivity contribution in [2.75, 3.05) is 37.9 Å².